The van der Waals surface area contributed by atoms with Gasteiger partial charge in [-0.05, 0) is 45.0 Å². The third-order valence-electron chi connectivity index (χ3n) is 9.76. The highest BCUT2D eigenvalue weighted by Crippen LogP contribution is 2.43. The maximum Gasteiger partial charge on any atom is 0.164 e. The van der Waals surface area contributed by atoms with E-state index in [1.54, 1.807) is 0 Å². The molecule has 0 saturated carbocycles. The molecule has 238 valence electrons. The van der Waals surface area contributed by atoms with E-state index in [0.29, 0.717) is 17.5 Å². The summed E-state index contributed by atoms with van der Waals surface area (Å²) in [6.45, 7) is 0. The van der Waals surface area contributed by atoms with Gasteiger partial charge in [0.15, 0.2) is 17.5 Å². The fourth-order valence-corrected chi connectivity index (χ4v) is 8.64. The first-order chi connectivity index (χ1) is 25.3. The highest BCUT2D eigenvalue weighted by atomic mass is 32.1. The Hall–Kier alpha value is -6.49. The van der Waals surface area contributed by atoms with Crippen LogP contribution in [0.4, 0.5) is 0 Å². The highest BCUT2D eigenvalue weighted by Gasteiger charge is 2.19. The molecular formula is C47H29N3S. The maximum absolute atomic E-state index is 5.30. The molecule has 0 radical (unpaired) electrons. The molecule has 0 amide bonds. The number of aromatic nitrogens is 3. The maximum atomic E-state index is 5.30. The summed E-state index contributed by atoms with van der Waals surface area (Å²) < 4.78 is 2.60. The van der Waals surface area contributed by atoms with Gasteiger partial charge < -0.3 is 0 Å². The van der Waals surface area contributed by atoms with Crippen LogP contribution in [-0.4, -0.2) is 15.0 Å². The molecule has 0 saturated heterocycles. The standard InChI is InChI=1S/C47H29N3S/c1-3-14-30(15-4-1)33-23-11-18-31-19-12-26-41(43(31)33)47-49-45(32-16-5-2-6-17-32)48-46(50-47)40-29-28-36(34-20-7-8-21-35(34)40)38-24-13-25-39-37-22-9-10-27-42(37)51-44(38)39/h1-29H. The van der Waals surface area contributed by atoms with E-state index in [9.17, 15) is 0 Å². The second-order valence-corrected chi connectivity index (χ2v) is 13.8. The Bertz CT molecular complexity index is 2910. The average Bonchev–Trinajstić information content (AvgIpc) is 3.60. The minimum atomic E-state index is 0.646. The molecule has 10 aromatic rings. The molecule has 0 bridgehead atoms. The first-order valence-corrected chi connectivity index (χ1v) is 17.9. The van der Waals surface area contributed by atoms with Crippen LogP contribution >= 0.6 is 11.3 Å². The lowest BCUT2D eigenvalue weighted by Crippen LogP contribution is -2.01. The van der Waals surface area contributed by atoms with E-state index < -0.39 is 0 Å². The van der Waals surface area contributed by atoms with Crippen LogP contribution in [0.15, 0.2) is 176 Å². The number of rotatable bonds is 5. The number of hydrogen-bond acceptors (Lipinski definition) is 4. The summed E-state index contributed by atoms with van der Waals surface area (Å²) in [6, 6.07) is 62.0. The van der Waals surface area contributed by atoms with E-state index in [0.717, 1.165) is 44.0 Å². The molecule has 0 aliphatic rings. The zero-order chi connectivity index (χ0) is 33.7. The summed E-state index contributed by atoms with van der Waals surface area (Å²) in [4.78, 5) is 15.6. The molecule has 3 nitrogen and oxygen atoms in total. The lowest BCUT2D eigenvalue weighted by molar-refractivity contribution is 1.08. The first kappa shape index (κ1) is 29.4. The van der Waals surface area contributed by atoms with E-state index in [2.05, 4.69) is 158 Å². The normalized spacial score (nSPS) is 11.5. The molecule has 0 aliphatic carbocycles. The molecule has 51 heavy (non-hydrogen) atoms. The third kappa shape index (κ3) is 5.00. The number of nitrogens with zero attached hydrogens (tertiary/aromatic N) is 3. The topological polar surface area (TPSA) is 38.7 Å². The van der Waals surface area contributed by atoms with Crippen molar-refractivity contribution >= 4 is 53.1 Å². The van der Waals surface area contributed by atoms with Gasteiger partial charge in [-0.3, -0.25) is 0 Å². The molecule has 0 unspecified atom stereocenters. The van der Waals surface area contributed by atoms with Crippen LogP contribution in [-0.2, 0) is 0 Å². The molecule has 0 N–H and O–H groups in total. The van der Waals surface area contributed by atoms with Crippen molar-refractivity contribution in [1.82, 2.24) is 15.0 Å². The van der Waals surface area contributed by atoms with Gasteiger partial charge in [-0.15, -0.1) is 11.3 Å². The number of thiophene rings is 1. The second-order valence-electron chi connectivity index (χ2n) is 12.7. The van der Waals surface area contributed by atoms with E-state index in [1.165, 1.54) is 36.7 Å². The molecule has 2 heterocycles. The molecule has 2 aromatic heterocycles. The second kappa shape index (κ2) is 12.1. The lowest BCUT2D eigenvalue weighted by atomic mass is 9.93. The molecule has 4 heteroatoms. The molecular weight excluding hydrogens is 639 g/mol. The van der Waals surface area contributed by atoms with E-state index in [1.807, 2.05) is 29.5 Å². The summed E-state index contributed by atoms with van der Waals surface area (Å²) in [6.07, 6.45) is 0. The van der Waals surface area contributed by atoms with Crippen LogP contribution in [0.3, 0.4) is 0 Å². The van der Waals surface area contributed by atoms with Gasteiger partial charge >= 0.3 is 0 Å². The first-order valence-electron chi connectivity index (χ1n) is 17.1. The Kier molecular flexibility index (Phi) is 7.00. The van der Waals surface area contributed by atoms with Crippen molar-refractivity contribution in [2.75, 3.05) is 0 Å². The predicted molar refractivity (Wildman–Crippen MR) is 215 cm³/mol. The van der Waals surface area contributed by atoms with Crippen LogP contribution < -0.4 is 0 Å². The van der Waals surface area contributed by atoms with Gasteiger partial charge in [0, 0.05) is 47.8 Å². The zero-order valence-corrected chi connectivity index (χ0v) is 28.3. The van der Waals surface area contributed by atoms with Gasteiger partial charge in [-0.1, -0.05) is 164 Å². The highest BCUT2D eigenvalue weighted by molar-refractivity contribution is 7.26. The minimum absolute atomic E-state index is 0.646. The summed E-state index contributed by atoms with van der Waals surface area (Å²) in [5.74, 6) is 1.94. The summed E-state index contributed by atoms with van der Waals surface area (Å²) in [5, 5.41) is 7.13. The van der Waals surface area contributed by atoms with Gasteiger partial charge in [0.1, 0.15) is 0 Å². The zero-order valence-electron chi connectivity index (χ0n) is 27.5. The molecule has 8 aromatic carbocycles. The molecule has 0 fully saturated rings. The monoisotopic (exact) mass is 667 g/mol. The minimum Gasteiger partial charge on any atom is -0.208 e. The Balaban J connectivity index is 1.22. The van der Waals surface area contributed by atoms with Crippen molar-refractivity contribution in [1.29, 1.82) is 0 Å². The van der Waals surface area contributed by atoms with Crippen molar-refractivity contribution in [2.45, 2.75) is 0 Å². The van der Waals surface area contributed by atoms with Crippen LogP contribution in [0, 0.1) is 0 Å². The quantitative estimate of drug-likeness (QED) is 0.183. The number of fused-ring (bicyclic) bond motifs is 5. The van der Waals surface area contributed by atoms with Crippen LogP contribution in [0.2, 0.25) is 0 Å². The summed E-state index contributed by atoms with van der Waals surface area (Å²) in [5.41, 5.74) is 7.64. The lowest BCUT2D eigenvalue weighted by Gasteiger charge is -2.15. The fourth-order valence-electron chi connectivity index (χ4n) is 7.41. The molecule has 10 rings (SSSR count). The van der Waals surface area contributed by atoms with Gasteiger partial charge in [0.05, 0.1) is 0 Å². The van der Waals surface area contributed by atoms with Crippen LogP contribution in [0.5, 0.6) is 0 Å². The predicted octanol–water partition coefficient (Wildman–Crippen LogP) is 12.9. The largest absolute Gasteiger partial charge is 0.208 e. The number of hydrogen-bond donors (Lipinski definition) is 0. The SMILES string of the molecule is c1ccc(-c2nc(-c3ccc(-c4cccc5c4sc4ccccc45)c4ccccc34)nc(-c3cccc4cccc(-c5ccccc5)c34)n2)cc1. The van der Waals surface area contributed by atoms with Gasteiger partial charge in [0.25, 0.3) is 0 Å². The molecule has 0 spiro atoms. The van der Waals surface area contributed by atoms with Crippen molar-refractivity contribution < 1.29 is 0 Å². The van der Waals surface area contributed by atoms with Gasteiger partial charge in [-0.2, -0.15) is 0 Å². The average molecular weight is 668 g/mol. The van der Waals surface area contributed by atoms with Crippen molar-refractivity contribution in [3.8, 4) is 56.4 Å². The van der Waals surface area contributed by atoms with Crippen molar-refractivity contribution in [3.63, 3.8) is 0 Å². The Morgan fingerprint density at radius 2 is 0.843 bits per heavy atom. The Labute approximate surface area is 299 Å². The Morgan fingerprint density at radius 3 is 1.61 bits per heavy atom. The smallest absolute Gasteiger partial charge is 0.164 e. The van der Waals surface area contributed by atoms with E-state index >= 15 is 0 Å². The summed E-state index contributed by atoms with van der Waals surface area (Å²) in [7, 11) is 0. The van der Waals surface area contributed by atoms with Gasteiger partial charge in [-0.25, -0.2) is 15.0 Å². The fraction of sp³-hybridized carbons (Fsp3) is 0. The third-order valence-corrected chi connectivity index (χ3v) is 11.0. The summed E-state index contributed by atoms with van der Waals surface area (Å²) >= 11 is 1.86. The number of benzene rings is 8. The Morgan fingerprint density at radius 1 is 0.314 bits per heavy atom. The van der Waals surface area contributed by atoms with Crippen molar-refractivity contribution in [3.05, 3.63) is 176 Å². The van der Waals surface area contributed by atoms with Crippen molar-refractivity contribution in [2.24, 2.45) is 0 Å². The van der Waals surface area contributed by atoms with Gasteiger partial charge in [0.2, 0.25) is 0 Å². The van der Waals surface area contributed by atoms with E-state index in [-0.39, 0.29) is 0 Å². The van der Waals surface area contributed by atoms with Crippen LogP contribution in [0.1, 0.15) is 0 Å². The van der Waals surface area contributed by atoms with E-state index in [4.69, 9.17) is 15.0 Å². The van der Waals surface area contributed by atoms with Crippen LogP contribution in [0.25, 0.3) is 98.1 Å². The molecule has 0 atom stereocenters. The molecule has 0 aliphatic heterocycles.